The Morgan fingerprint density at radius 3 is 2.78 bits per heavy atom. The Hall–Kier alpha value is -1.76. The summed E-state index contributed by atoms with van der Waals surface area (Å²) >= 11 is 1.28. The van der Waals surface area contributed by atoms with Gasteiger partial charge in [0, 0.05) is 24.0 Å². The maximum atomic E-state index is 12.1. The maximum absolute atomic E-state index is 12.1. The number of Topliss-reactive ketones (excluding diaryl/α,β-unsaturated/α-hetero) is 1. The van der Waals surface area contributed by atoms with E-state index in [0.717, 1.165) is 17.0 Å². The summed E-state index contributed by atoms with van der Waals surface area (Å²) in [4.78, 5) is 16.0. The lowest BCUT2D eigenvalue weighted by Crippen LogP contribution is -2.04. The van der Waals surface area contributed by atoms with Crippen molar-refractivity contribution in [2.75, 3.05) is 11.5 Å². The van der Waals surface area contributed by atoms with Gasteiger partial charge in [-0.05, 0) is 19.9 Å². The van der Waals surface area contributed by atoms with E-state index in [2.05, 4.69) is 15.2 Å². The van der Waals surface area contributed by atoms with Gasteiger partial charge in [-0.1, -0.05) is 11.8 Å². The van der Waals surface area contributed by atoms with Crippen LogP contribution in [0.1, 0.15) is 21.7 Å². The second kappa shape index (κ2) is 4.85. The van der Waals surface area contributed by atoms with E-state index in [4.69, 9.17) is 5.73 Å². The molecule has 2 heterocycles. The zero-order valence-corrected chi connectivity index (χ0v) is 11.3. The summed E-state index contributed by atoms with van der Waals surface area (Å²) in [5.74, 6) is 0.642. The van der Waals surface area contributed by atoms with Crippen molar-refractivity contribution in [2.24, 2.45) is 7.05 Å². The number of nitrogens with zero attached hydrogens (tertiary/aromatic N) is 3. The van der Waals surface area contributed by atoms with Crippen molar-refractivity contribution in [3.8, 4) is 0 Å². The molecule has 0 atom stereocenters. The predicted octanol–water partition coefficient (Wildman–Crippen LogP) is 1.32. The van der Waals surface area contributed by atoms with Gasteiger partial charge in [0.25, 0.3) is 0 Å². The first-order valence-electron chi connectivity index (χ1n) is 5.46. The number of H-pyrrole nitrogens is 1. The average molecular weight is 265 g/mol. The number of rotatable bonds is 4. The zero-order chi connectivity index (χ0) is 13.3. The predicted molar refractivity (Wildman–Crippen MR) is 70.7 cm³/mol. The van der Waals surface area contributed by atoms with Crippen LogP contribution in [0.15, 0.2) is 11.2 Å². The summed E-state index contributed by atoms with van der Waals surface area (Å²) in [6, 6.07) is 1.91. The molecule has 2 aromatic rings. The molecular weight excluding hydrogens is 250 g/mol. The number of nitrogens with one attached hydrogen (secondary N) is 1. The third-order valence-electron chi connectivity index (χ3n) is 2.89. The molecule has 0 radical (unpaired) electrons. The summed E-state index contributed by atoms with van der Waals surface area (Å²) in [6.07, 6.45) is 0. The number of nitrogen functional groups attached to an aromatic ring is 1. The van der Waals surface area contributed by atoms with Gasteiger partial charge in [-0.15, -0.1) is 5.10 Å². The summed E-state index contributed by atoms with van der Waals surface area (Å²) in [5, 5.41) is 6.90. The van der Waals surface area contributed by atoms with Gasteiger partial charge in [0.05, 0.1) is 5.75 Å². The molecule has 0 bridgehead atoms. The van der Waals surface area contributed by atoms with E-state index in [1.165, 1.54) is 11.8 Å². The number of aromatic amines is 1. The molecule has 18 heavy (non-hydrogen) atoms. The number of hydrogen-bond donors (Lipinski definition) is 2. The monoisotopic (exact) mass is 265 g/mol. The third kappa shape index (κ3) is 2.40. The summed E-state index contributed by atoms with van der Waals surface area (Å²) in [6.45, 7) is 3.92. The van der Waals surface area contributed by atoms with Crippen LogP contribution in [0.5, 0.6) is 0 Å². The lowest BCUT2D eigenvalue weighted by Gasteiger charge is -2.01. The molecular formula is C11H15N5OS. The Balaban J connectivity index is 2.06. The fourth-order valence-electron chi connectivity index (χ4n) is 1.67. The molecule has 0 fully saturated rings. The molecule has 0 aliphatic carbocycles. The van der Waals surface area contributed by atoms with Crippen LogP contribution in [-0.4, -0.2) is 31.3 Å². The Morgan fingerprint density at radius 2 is 2.28 bits per heavy atom. The van der Waals surface area contributed by atoms with Crippen LogP contribution in [0.25, 0.3) is 0 Å². The number of carbonyl (C=O) groups excluding carboxylic acids is 1. The first-order valence-corrected chi connectivity index (χ1v) is 6.44. The number of thioether (sulfide) groups is 1. The Morgan fingerprint density at radius 1 is 1.56 bits per heavy atom. The number of anilines is 1. The van der Waals surface area contributed by atoms with E-state index in [-0.39, 0.29) is 11.7 Å². The van der Waals surface area contributed by atoms with E-state index in [1.54, 1.807) is 0 Å². The molecule has 2 rings (SSSR count). The van der Waals surface area contributed by atoms with Crippen LogP contribution in [-0.2, 0) is 7.05 Å². The Labute approximate surface area is 109 Å². The molecule has 6 nitrogen and oxygen atoms in total. The van der Waals surface area contributed by atoms with Gasteiger partial charge in [0.15, 0.2) is 5.78 Å². The number of carbonyl (C=O) groups is 1. The maximum Gasteiger partial charge on any atom is 0.216 e. The number of aryl methyl sites for hydroxylation is 1. The van der Waals surface area contributed by atoms with Crippen LogP contribution < -0.4 is 5.73 Å². The molecule has 0 saturated heterocycles. The molecule has 0 aliphatic heterocycles. The molecule has 0 amide bonds. The van der Waals surface area contributed by atoms with Gasteiger partial charge in [-0.25, -0.2) is 5.10 Å². The molecule has 0 unspecified atom stereocenters. The van der Waals surface area contributed by atoms with Gasteiger partial charge >= 0.3 is 0 Å². The van der Waals surface area contributed by atoms with Crippen molar-refractivity contribution < 1.29 is 4.79 Å². The quantitative estimate of drug-likeness (QED) is 0.642. The van der Waals surface area contributed by atoms with Crippen LogP contribution in [0, 0.1) is 13.8 Å². The Bertz CT molecular complexity index is 586. The first kappa shape index (κ1) is 12.7. The van der Waals surface area contributed by atoms with Gasteiger partial charge in [-0.3, -0.25) is 4.79 Å². The van der Waals surface area contributed by atoms with Crippen LogP contribution in [0.2, 0.25) is 0 Å². The summed E-state index contributed by atoms with van der Waals surface area (Å²) < 4.78 is 2.00. The van der Waals surface area contributed by atoms with Crippen molar-refractivity contribution in [1.29, 1.82) is 0 Å². The van der Waals surface area contributed by atoms with Gasteiger partial charge < -0.3 is 10.3 Å². The average Bonchev–Trinajstić information content (AvgIpc) is 2.86. The normalized spacial score (nSPS) is 10.8. The van der Waals surface area contributed by atoms with Crippen LogP contribution in [0.4, 0.5) is 5.95 Å². The molecule has 0 aliphatic rings. The molecule has 96 valence electrons. The molecule has 0 aromatic carbocycles. The van der Waals surface area contributed by atoms with Crippen molar-refractivity contribution in [3.63, 3.8) is 0 Å². The number of hydrogen-bond acceptors (Lipinski definition) is 5. The summed E-state index contributed by atoms with van der Waals surface area (Å²) in [7, 11) is 1.95. The van der Waals surface area contributed by atoms with Crippen molar-refractivity contribution in [3.05, 3.63) is 23.0 Å². The minimum Gasteiger partial charge on any atom is -0.368 e. The minimum absolute atomic E-state index is 0.0737. The smallest absolute Gasteiger partial charge is 0.216 e. The van der Waals surface area contributed by atoms with Gasteiger partial charge in [0.2, 0.25) is 11.1 Å². The number of ketones is 1. The van der Waals surface area contributed by atoms with Crippen molar-refractivity contribution >= 4 is 23.5 Å². The van der Waals surface area contributed by atoms with Gasteiger partial charge in [0.1, 0.15) is 0 Å². The topological polar surface area (TPSA) is 89.6 Å². The van der Waals surface area contributed by atoms with Crippen LogP contribution >= 0.6 is 11.8 Å². The minimum atomic E-state index is 0.0737. The highest BCUT2D eigenvalue weighted by molar-refractivity contribution is 7.99. The highest BCUT2D eigenvalue weighted by Gasteiger charge is 2.15. The highest BCUT2D eigenvalue weighted by Crippen LogP contribution is 2.19. The van der Waals surface area contributed by atoms with E-state index >= 15 is 0 Å². The molecule has 7 heteroatoms. The number of nitrogens with two attached hydrogens (primary N) is 1. The molecule has 3 N–H and O–H groups in total. The second-order valence-electron chi connectivity index (χ2n) is 4.06. The van der Waals surface area contributed by atoms with Gasteiger partial charge in [-0.2, -0.15) is 4.98 Å². The van der Waals surface area contributed by atoms with E-state index in [9.17, 15) is 4.79 Å². The Kier molecular flexibility index (Phi) is 3.42. The lowest BCUT2D eigenvalue weighted by molar-refractivity contribution is 0.102. The SMILES string of the molecule is Cc1cc(C(=O)CSc2n[nH]c(N)n2)c(C)n1C. The second-order valence-corrected chi connectivity index (χ2v) is 5.00. The van der Waals surface area contributed by atoms with Crippen molar-refractivity contribution in [1.82, 2.24) is 19.7 Å². The zero-order valence-electron chi connectivity index (χ0n) is 10.5. The molecule has 0 spiro atoms. The lowest BCUT2D eigenvalue weighted by atomic mass is 10.2. The fraction of sp³-hybridized carbons (Fsp3) is 0.364. The number of aromatic nitrogens is 4. The van der Waals surface area contributed by atoms with E-state index < -0.39 is 0 Å². The largest absolute Gasteiger partial charge is 0.368 e. The summed E-state index contributed by atoms with van der Waals surface area (Å²) in [5.41, 5.74) is 8.22. The first-order chi connectivity index (χ1) is 8.49. The third-order valence-corrected chi connectivity index (χ3v) is 3.74. The standard InChI is InChI=1S/C11H15N5OS/c1-6-4-8(7(2)16(6)3)9(17)5-18-11-13-10(12)14-15-11/h4H,5H2,1-3H3,(H3,12,13,14,15). The van der Waals surface area contributed by atoms with Crippen LogP contribution in [0.3, 0.4) is 0 Å². The molecule has 0 saturated carbocycles. The highest BCUT2D eigenvalue weighted by atomic mass is 32.2. The fourth-order valence-corrected chi connectivity index (χ4v) is 2.36. The van der Waals surface area contributed by atoms with E-state index in [1.807, 2.05) is 31.5 Å². The molecule has 2 aromatic heterocycles. The van der Waals surface area contributed by atoms with Crippen molar-refractivity contribution in [2.45, 2.75) is 19.0 Å². The van der Waals surface area contributed by atoms with E-state index in [0.29, 0.717) is 10.9 Å².